The van der Waals surface area contributed by atoms with Crippen molar-refractivity contribution in [1.29, 1.82) is 0 Å². The highest BCUT2D eigenvalue weighted by molar-refractivity contribution is 5.76. The summed E-state index contributed by atoms with van der Waals surface area (Å²) in [6.45, 7) is 3.32. The molecular formula is C12H21NO4. The molecule has 1 atom stereocenters. The van der Waals surface area contributed by atoms with Gasteiger partial charge in [0.2, 0.25) is 5.91 Å². The highest BCUT2D eigenvalue weighted by Gasteiger charge is 2.18. The molecule has 1 amide bonds. The second-order valence-electron chi connectivity index (χ2n) is 4.66. The van der Waals surface area contributed by atoms with Crippen LogP contribution >= 0.6 is 0 Å². The van der Waals surface area contributed by atoms with E-state index in [-0.39, 0.29) is 18.4 Å². The smallest absolute Gasteiger partial charge is 0.303 e. The summed E-state index contributed by atoms with van der Waals surface area (Å²) in [6.07, 6.45) is 2.99. The first kappa shape index (κ1) is 14.0. The number of aliphatic carboxylic acids is 1. The van der Waals surface area contributed by atoms with Gasteiger partial charge in [-0.05, 0) is 32.1 Å². The molecule has 0 saturated carbocycles. The summed E-state index contributed by atoms with van der Waals surface area (Å²) in [7, 11) is 0. The van der Waals surface area contributed by atoms with Gasteiger partial charge in [0.25, 0.3) is 0 Å². The Morgan fingerprint density at radius 1 is 1.41 bits per heavy atom. The monoisotopic (exact) mass is 243 g/mol. The van der Waals surface area contributed by atoms with Crippen molar-refractivity contribution in [1.82, 2.24) is 5.32 Å². The van der Waals surface area contributed by atoms with Gasteiger partial charge in [0, 0.05) is 32.1 Å². The summed E-state index contributed by atoms with van der Waals surface area (Å²) < 4.78 is 5.23. The molecule has 0 aromatic rings. The molecule has 1 aliphatic heterocycles. The van der Waals surface area contributed by atoms with Crippen molar-refractivity contribution in [3.63, 3.8) is 0 Å². The van der Waals surface area contributed by atoms with E-state index in [1.807, 2.05) is 6.92 Å². The topological polar surface area (TPSA) is 75.6 Å². The molecule has 5 nitrogen and oxygen atoms in total. The molecule has 1 aliphatic rings. The van der Waals surface area contributed by atoms with Gasteiger partial charge in [-0.2, -0.15) is 0 Å². The number of nitrogens with one attached hydrogen (secondary N) is 1. The lowest BCUT2D eigenvalue weighted by Gasteiger charge is -2.22. The number of amides is 1. The van der Waals surface area contributed by atoms with Gasteiger partial charge in [0.1, 0.15) is 0 Å². The predicted molar refractivity (Wildman–Crippen MR) is 62.6 cm³/mol. The molecule has 0 aliphatic carbocycles. The van der Waals surface area contributed by atoms with E-state index in [4.69, 9.17) is 9.84 Å². The van der Waals surface area contributed by atoms with Crippen LogP contribution in [0.3, 0.4) is 0 Å². The van der Waals surface area contributed by atoms with Crippen LogP contribution in [0.2, 0.25) is 0 Å². The summed E-state index contributed by atoms with van der Waals surface area (Å²) in [5.41, 5.74) is 0. The Bertz CT molecular complexity index is 261. The standard InChI is InChI=1S/C12H21NO4/c1-9(2-3-12(15)16)13-11(14)8-10-4-6-17-7-5-10/h9-10H,2-8H2,1H3,(H,13,14)(H,15,16). The Kier molecular flexibility index (Phi) is 5.97. The zero-order chi connectivity index (χ0) is 12.7. The second kappa shape index (κ2) is 7.27. The summed E-state index contributed by atoms with van der Waals surface area (Å²) in [4.78, 5) is 22.0. The fourth-order valence-corrected chi connectivity index (χ4v) is 1.96. The van der Waals surface area contributed by atoms with Crippen LogP contribution in [0.15, 0.2) is 0 Å². The molecular weight excluding hydrogens is 222 g/mol. The van der Waals surface area contributed by atoms with Crippen molar-refractivity contribution in [2.45, 2.75) is 45.1 Å². The van der Waals surface area contributed by atoms with Crippen molar-refractivity contribution in [3.8, 4) is 0 Å². The van der Waals surface area contributed by atoms with Crippen molar-refractivity contribution < 1.29 is 19.4 Å². The van der Waals surface area contributed by atoms with Crippen molar-refractivity contribution in [2.75, 3.05) is 13.2 Å². The van der Waals surface area contributed by atoms with Gasteiger partial charge >= 0.3 is 5.97 Å². The number of carbonyl (C=O) groups excluding carboxylic acids is 1. The van der Waals surface area contributed by atoms with Crippen LogP contribution in [-0.4, -0.2) is 36.2 Å². The highest BCUT2D eigenvalue weighted by Crippen LogP contribution is 2.18. The van der Waals surface area contributed by atoms with Crippen molar-refractivity contribution in [3.05, 3.63) is 0 Å². The first-order valence-corrected chi connectivity index (χ1v) is 6.17. The van der Waals surface area contributed by atoms with Crippen LogP contribution in [0.4, 0.5) is 0 Å². The molecule has 1 fully saturated rings. The number of rotatable bonds is 6. The molecule has 0 spiro atoms. The zero-order valence-electron chi connectivity index (χ0n) is 10.3. The second-order valence-corrected chi connectivity index (χ2v) is 4.66. The van der Waals surface area contributed by atoms with E-state index in [1.165, 1.54) is 0 Å². The molecule has 0 bridgehead atoms. The molecule has 5 heteroatoms. The van der Waals surface area contributed by atoms with Crippen molar-refractivity contribution >= 4 is 11.9 Å². The number of carbonyl (C=O) groups is 2. The van der Waals surface area contributed by atoms with Crippen LogP contribution < -0.4 is 5.32 Å². The Labute approximate surface area is 102 Å². The third-order valence-corrected chi connectivity index (χ3v) is 3.01. The summed E-state index contributed by atoms with van der Waals surface area (Å²) in [6, 6.07) is -0.0709. The van der Waals surface area contributed by atoms with Gasteiger partial charge in [-0.15, -0.1) is 0 Å². The van der Waals surface area contributed by atoms with Crippen LogP contribution in [0.1, 0.15) is 39.0 Å². The summed E-state index contributed by atoms with van der Waals surface area (Å²) in [5, 5.41) is 11.4. The molecule has 1 rings (SSSR count). The van der Waals surface area contributed by atoms with Crippen LogP contribution in [0.5, 0.6) is 0 Å². The lowest BCUT2D eigenvalue weighted by Crippen LogP contribution is -2.34. The summed E-state index contributed by atoms with van der Waals surface area (Å²) >= 11 is 0. The molecule has 0 aromatic carbocycles. The first-order valence-electron chi connectivity index (χ1n) is 6.17. The van der Waals surface area contributed by atoms with Gasteiger partial charge in [0.15, 0.2) is 0 Å². The lowest BCUT2D eigenvalue weighted by atomic mass is 9.96. The molecule has 17 heavy (non-hydrogen) atoms. The van der Waals surface area contributed by atoms with Gasteiger partial charge in [-0.25, -0.2) is 0 Å². The number of carboxylic acid groups (broad SMARTS) is 1. The molecule has 0 radical (unpaired) electrons. The van der Waals surface area contributed by atoms with Gasteiger partial charge < -0.3 is 15.2 Å². The number of hydrogen-bond donors (Lipinski definition) is 2. The average molecular weight is 243 g/mol. The Morgan fingerprint density at radius 2 is 2.06 bits per heavy atom. The fraction of sp³-hybridized carbons (Fsp3) is 0.833. The van der Waals surface area contributed by atoms with Crippen LogP contribution in [-0.2, 0) is 14.3 Å². The fourth-order valence-electron chi connectivity index (χ4n) is 1.96. The third-order valence-electron chi connectivity index (χ3n) is 3.01. The van der Waals surface area contributed by atoms with E-state index in [0.717, 1.165) is 26.1 Å². The predicted octanol–water partition coefficient (Wildman–Crippen LogP) is 1.17. The van der Waals surface area contributed by atoms with Gasteiger partial charge in [-0.3, -0.25) is 9.59 Å². The maximum absolute atomic E-state index is 11.7. The summed E-state index contributed by atoms with van der Waals surface area (Å²) in [5.74, 6) is -0.388. The number of carboxylic acids is 1. The van der Waals surface area contributed by atoms with Crippen molar-refractivity contribution in [2.24, 2.45) is 5.92 Å². The Balaban J connectivity index is 2.16. The lowest BCUT2D eigenvalue weighted by molar-refractivity contribution is -0.137. The third kappa shape index (κ3) is 6.26. The first-order chi connectivity index (χ1) is 8.08. The molecule has 1 unspecified atom stereocenters. The highest BCUT2D eigenvalue weighted by atomic mass is 16.5. The number of hydrogen-bond acceptors (Lipinski definition) is 3. The minimum absolute atomic E-state index is 0.0230. The molecule has 1 saturated heterocycles. The normalized spacial score (nSPS) is 18.6. The van der Waals surface area contributed by atoms with Crippen LogP contribution in [0.25, 0.3) is 0 Å². The maximum Gasteiger partial charge on any atom is 0.303 e. The SMILES string of the molecule is CC(CCC(=O)O)NC(=O)CC1CCOCC1. The Hall–Kier alpha value is -1.10. The quantitative estimate of drug-likeness (QED) is 0.734. The minimum atomic E-state index is -0.824. The molecule has 2 N–H and O–H groups in total. The van der Waals surface area contributed by atoms with E-state index in [0.29, 0.717) is 18.8 Å². The average Bonchev–Trinajstić information content (AvgIpc) is 2.27. The van der Waals surface area contributed by atoms with Crippen LogP contribution in [0, 0.1) is 5.92 Å². The van der Waals surface area contributed by atoms with E-state index in [2.05, 4.69) is 5.32 Å². The minimum Gasteiger partial charge on any atom is -0.481 e. The molecule has 0 aromatic heterocycles. The Morgan fingerprint density at radius 3 is 2.65 bits per heavy atom. The van der Waals surface area contributed by atoms with Gasteiger partial charge in [0.05, 0.1) is 0 Å². The van der Waals surface area contributed by atoms with E-state index < -0.39 is 5.97 Å². The van der Waals surface area contributed by atoms with E-state index in [9.17, 15) is 9.59 Å². The van der Waals surface area contributed by atoms with E-state index in [1.54, 1.807) is 0 Å². The molecule has 1 heterocycles. The molecule has 98 valence electrons. The maximum atomic E-state index is 11.7. The van der Waals surface area contributed by atoms with Gasteiger partial charge in [-0.1, -0.05) is 0 Å². The number of ether oxygens (including phenoxy) is 1. The zero-order valence-corrected chi connectivity index (χ0v) is 10.3. The largest absolute Gasteiger partial charge is 0.481 e. The van der Waals surface area contributed by atoms with E-state index >= 15 is 0 Å².